The SMILES string of the molecule is Cc1c(C(=O)N2CC3(CCCC3)c3cccc(F)c32)cnn1-c1ccc(=O)[nH]n1. The van der Waals surface area contributed by atoms with Crippen LogP contribution in [0.1, 0.15) is 47.3 Å². The van der Waals surface area contributed by atoms with Crippen LogP contribution in [-0.2, 0) is 5.41 Å². The predicted molar refractivity (Wildman–Crippen MR) is 105 cm³/mol. The molecule has 0 saturated heterocycles. The topological polar surface area (TPSA) is 83.9 Å². The van der Waals surface area contributed by atoms with Crippen LogP contribution in [0.5, 0.6) is 0 Å². The minimum absolute atomic E-state index is 0.155. The van der Waals surface area contributed by atoms with Gasteiger partial charge in [-0.05, 0) is 37.5 Å². The smallest absolute Gasteiger partial charge is 0.264 e. The first-order chi connectivity index (χ1) is 14.0. The van der Waals surface area contributed by atoms with Crippen LogP contribution in [0, 0.1) is 12.7 Å². The number of para-hydroxylation sites is 1. The van der Waals surface area contributed by atoms with Gasteiger partial charge < -0.3 is 4.90 Å². The van der Waals surface area contributed by atoms with E-state index >= 15 is 0 Å². The van der Waals surface area contributed by atoms with Gasteiger partial charge in [0.2, 0.25) is 0 Å². The number of nitrogens with zero attached hydrogens (tertiary/aromatic N) is 4. The maximum absolute atomic E-state index is 14.8. The molecule has 1 N–H and O–H groups in total. The molecule has 0 atom stereocenters. The summed E-state index contributed by atoms with van der Waals surface area (Å²) in [4.78, 5) is 26.3. The van der Waals surface area contributed by atoms with E-state index in [0.717, 1.165) is 31.2 Å². The van der Waals surface area contributed by atoms with E-state index in [1.807, 2.05) is 6.07 Å². The molecule has 1 aliphatic carbocycles. The Labute approximate surface area is 166 Å². The summed E-state index contributed by atoms with van der Waals surface area (Å²) in [5, 5.41) is 10.6. The summed E-state index contributed by atoms with van der Waals surface area (Å²) < 4.78 is 16.3. The quantitative estimate of drug-likeness (QED) is 0.726. The molecule has 2 aromatic heterocycles. The van der Waals surface area contributed by atoms with E-state index in [2.05, 4.69) is 15.3 Å². The third-order valence-corrected chi connectivity index (χ3v) is 6.22. The molecule has 1 fully saturated rings. The Balaban J connectivity index is 1.55. The number of hydrogen-bond donors (Lipinski definition) is 1. The Bertz CT molecular complexity index is 1160. The number of hydrogen-bond acceptors (Lipinski definition) is 4. The van der Waals surface area contributed by atoms with Crippen molar-refractivity contribution < 1.29 is 9.18 Å². The maximum Gasteiger partial charge on any atom is 0.264 e. The van der Waals surface area contributed by atoms with Crippen molar-refractivity contribution in [2.75, 3.05) is 11.4 Å². The average molecular weight is 393 g/mol. The molecule has 1 aliphatic heterocycles. The lowest BCUT2D eigenvalue weighted by Gasteiger charge is -2.24. The van der Waals surface area contributed by atoms with Crippen molar-refractivity contribution in [3.05, 3.63) is 69.5 Å². The van der Waals surface area contributed by atoms with Gasteiger partial charge in [-0.2, -0.15) is 10.2 Å². The minimum atomic E-state index is -0.369. The number of carbonyl (C=O) groups is 1. The van der Waals surface area contributed by atoms with Crippen molar-refractivity contribution >= 4 is 11.6 Å². The zero-order valence-electron chi connectivity index (χ0n) is 16.0. The van der Waals surface area contributed by atoms with E-state index in [1.54, 1.807) is 17.9 Å². The average Bonchev–Trinajstić information content (AvgIpc) is 3.42. The fraction of sp³-hybridized carbons (Fsp3) is 0.333. The number of aromatic amines is 1. The summed E-state index contributed by atoms with van der Waals surface area (Å²) in [6.07, 6.45) is 5.59. The molecular weight excluding hydrogens is 373 g/mol. The fourth-order valence-electron chi connectivity index (χ4n) is 4.79. The Morgan fingerprint density at radius 1 is 1.21 bits per heavy atom. The van der Waals surface area contributed by atoms with Gasteiger partial charge in [0.1, 0.15) is 5.82 Å². The number of amides is 1. The summed E-state index contributed by atoms with van der Waals surface area (Å²) >= 11 is 0. The zero-order chi connectivity index (χ0) is 20.2. The number of rotatable bonds is 2. The second-order valence-corrected chi connectivity index (χ2v) is 7.85. The van der Waals surface area contributed by atoms with Crippen LogP contribution in [0.25, 0.3) is 5.82 Å². The lowest BCUT2D eigenvalue weighted by Crippen LogP contribution is -2.36. The van der Waals surface area contributed by atoms with Crippen LogP contribution < -0.4 is 10.5 Å². The summed E-state index contributed by atoms with van der Waals surface area (Å²) in [5.41, 5.74) is 1.84. The van der Waals surface area contributed by atoms with E-state index in [-0.39, 0.29) is 22.7 Å². The van der Waals surface area contributed by atoms with Crippen molar-refractivity contribution in [3.63, 3.8) is 0 Å². The van der Waals surface area contributed by atoms with E-state index in [1.165, 1.54) is 29.1 Å². The van der Waals surface area contributed by atoms with Gasteiger partial charge in [0, 0.05) is 18.0 Å². The lowest BCUT2D eigenvalue weighted by atomic mass is 9.81. The molecule has 5 rings (SSSR count). The first-order valence-electron chi connectivity index (χ1n) is 9.72. The highest BCUT2D eigenvalue weighted by atomic mass is 19.1. The number of carbonyl (C=O) groups excluding carboxylic acids is 1. The van der Waals surface area contributed by atoms with Crippen molar-refractivity contribution in [3.8, 4) is 5.82 Å². The number of halogens is 1. The molecule has 148 valence electrons. The Kier molecular flexibility index (Phi) is 3.90. The molecule has 1 saturated carbocycles. The normalized spacial score (nSPS) is 17.1. The maximum atomic E-state index is 14.8. The Morgan fingerprint density at radius 2 is 2.00 bits per heavy atom. The lowest BCUT2D eigenvalue weighted by molar-refractivity contribution is 0.0983. The van der Waals surface area contributed by atoms with Gasteiger partial charge in [0.25, 0.3) is 11.5 Å². The summed E-state index contributed by atoms with van der Waals surface area (Å²) in [6.45, 7) is 2.25. The molecule has 29 heavy (non-hydrogen) atoms. The highest BCUT2D eigenvalue weighted by Crippen LogP contribution is 2.51. The third-order valence-electron chi connectivity index (χ3n) is 6.22. The summed E-state index contributed by atoms with van der Waals surface area (Å²) in [5.74, 6) is -0.235. The van der Waals surface area contributed by atoms with Crippen LogP contribution in [0.2, 0.25) is 0 Å². The van der Waals surface area contributed by atoms with Crippen molar-refractivity contribution in [2.24, 2.45) is 0 Å². The molecule has 0 bridgehead atoms. The highest BCUT2D eigenvalue weighted by molar-refractivity contribution is 6.08. The van der Waals surface area contributed by atoms with E-state index < -0.39 is 0 Å². The van der Waals surface area contributed by atoms with Gasteiger partial charge in [-0.1, -0.05) is 25.0 Å². The third kappa shape index (κ3) is 2.62. The van der Waals surface area contributed by atoms with Gasteiger partial charge in [-0.25, -0.2) is 14.2 Å². The van der Waals surface area contributed by atoms with Crippen molar-refractivity contribution in [2.45, 2.75) is 38.0 Å². The highest BCUT2D eigenvalue weighted by Gasteiger charge is 2.47. The van der Waals surface area contributed by atoms with Crippen LogP contribution in [0.3, 0.4) is 0 Å². The van der Waals surface area contributed by atoms with Crippen molar-refractivity contribution in [1.29, 1.82) is 0 Å². The molecule has 3 heterocycles. The number of anilines is 1. The molecule has 0 unspecified atom stereocenters. The molecule has 1 spiro atoms. The zero-order valence-corrected chi connectivity index (χ0v) is 16.0. The van der Waals surface area contributed by atoms with Gasteiger partial charge >= 0.3 is 0 Å². The standard InChI is InChI=1S/C21H20FN5O2/c1-13-14(11-23-27(13)17-7-8-18(28)25-24-17)20(29)26-12-21(9-2-3-10-21)15-5-4-6-16(22)19(15)26/h4-8,11H,2-3,9-10,12H2,1H3,(H,25,28). The second-order valence-electron chi connectivity index (χ2n) is 7.85. The first-order valence-corrected chi connectivity index (χ1v) is 9.72. The molecule has 7 nitrogen and oxygen atoms in total. The largest absolute Gasteiger partial charge is 0.304 e. The molecule has 1 amide bonds. The number of H-pyrrole nitrogens is 1. The van der Waals surface area contributed by atoms with Gasteiger partial charge in [-0.15, -0.1) is 0 Å². The molecular formula is C21H20FN5O2. The second kappa shape index (κ2) is 6.37. The number of fused-ring (bicyclic) bond motifs is 2. The number of aromatic nitrogens is 4. The summed E-state index contributed by atoms with van der Waals surface area (Å²) in [7, 11) is 0. The van der Waals surface area contributed by atoms with Crippen LogP contribution in [0.15, 0.2) is 41.3 Å². The fourth-order valence-corrected chi connectivity index (χ4v) is 4.79. The molecule has 8 heteroatoms. The molecule has 3 aromatic rings. The van der Waals surface area contributed by atoms with Gasteiger partial charge in [-0.3, -0.25) is 9.59 Å². The monoisotopic (exact) mass is 393 g/mol. The number of nitrogens with one attached hydrogen (secondary N) is 1. The molecule has 0 radical (unpaired) electrons. The number of benzene rings is 1. The Hall–Kier alpha value is -3.29. The van der Waals surface area contributed by atoms with E-state index in [4.69, 9.17) is 0 Å². The van der Waals surface area contributed by atoms with Crippen LogP contribution in [-0.4, -0.2) is 32.4 Å². The van der Waals surface area contributed by atoms with Gasteiger partial charge in [0.15, 0.2) is 5.82 Å². The van der Waals surface area contributed by atoms with Crippen molar-refractivity contribution in [1.82, 2.24) is 20.0 Å². The summed E-state index contributed by atoms with van der Waals surface area (Å²) in [6, 6.07) is 7.98. The first kappa shape index (κ1) is 17.8. The predicted octanol–water partition coefficient (Wildman–Crippen LogP) is 2.88. The molecule has 1 aromatic carbocycles. The van der Waals surface area contributed by atoms with Gasteiger partial charge in [0.05, 0.1) is 23.1 Å². The van der Waals surface area contributed by atoms with Crippen LogP contribution in [0.4, 0.5) is 10.1 Å². The minimum Gasteiger partial charge on any atom is -0.304 e. The van der Waals surface area contributed by atoms with E-state index in [0.29, 0.717) is 29.3 Å². The molecule has 2 aliphatic rings. The van der Waals surface area contributed by atoms with E-state index in [9.17, 15) is 14.0 Å². The Morgan fingerprint density at radius 3 is 2.72 bits per heavy atom. The van der Waals surface area contributed by atoms with Crippen LogP contribution >= 0.6 is 0 Å².